The van der Waals surface area contributed by atoms with Crippen LogP contribution in [0.4, 0.5) is 29.2 Å². The van der Waals surface area contributed by atoms with Gasteiger partial charge in [-0.05, 0) is 0 Å². The number of nitrogens with one attached hydrogen (secondary N) is 2. The Morgan fingerprint density at radius 1 is 1.36 bits per heavy atom. The fourth-order valence-electron chi connectivity index (χ4n) is 2.37. The molecule has 12 heteroatoms. The smallest absolute Gasteiger partial charge is 0.388 e. The maximum atomic E-state index is 13.1. The van der Waals surface area contributed by atoms with Crippen molar-refractivity contribution in [1.29, 1.82) is 0 Å². The molecule has 25 heavy (non-hydrogen) atoms. The molecule has 0 aromatic carbocycles. The average molecular weight is 357 g/mol. The number of hydrogen-bond donors (Lipinski definition) is 2. The van der Waals surface area contributed by atoms with Crippen molar-refractivity contribution in [3.8, 4) is 5.88 Å². The zero-order chi connectivity index (χ0) is 17.6. The van der Waals surface area contributed by atoms with Crippen LogP contribution in [0.3, 0.4) is 0 Å². The SMILES string of the molecule is FC(F)Oc1cc(Nc2cnc3cnn(C[C@H]4CC4(F)F)c3n2)n[nH]1. The summed E-state index contributed by atoms with van der Waals surface area (Å²) in [6, 6.07) is 1.22. The summed E-state index contributed by atoms with van der Waals surface area (Å²) in [7, 11) is 0. The molecule has 2 N–H and O–H groups in total. The van der Waals surface area contributed by atoms with Gasteiger partial charge in [-0.3, -0.25) is 0 Å². The highest BCUT2D eigenvalue weighted by molar-refractivity contribution is 5.71. The minimum absolute atomic E-state index is 0.0451. The number of anilines is 2. The normalized spacial score (nSPS) is 18.7. The van der Waals surface area contributed by atoms with Crippen molar-refractivity contribution in [3.63, 3.8) is 0 Å². The number of H-pyrrole nitrogens is 1. The van der Waals surface area contributed by atoms with Crippen LogP contribution in [0, 0.1) is 5.92 Å². The van der Waals surface area contributed by atoms with Gasteiger partial charge in [0.25, 0.3) is 5.92 Å². The fraction of sp³-hybridized carbons (Fsp3) is 0.385. The molecule has 3 aromatic heterocycles. The lowest BCUT2D eigenvalue weighted by Gasteiger charge is -2.04. The van der Waals surface area contributed by atoms with Crippen molar-refractivity contribution in [2.45, 2.75) is 25.5 Å². The Morgan fingerprint density at radius 2 is 2.16 bits per heavy atom. The Balaban J connectivity index is 1.53. The van der Waals surface area contributed by atoms with E-state index in [1.165, 1.54) is 23.1 Å². The Bertz CT molecular complexity index is 909. The number of aromatic nitrogens is 6. The number of ether oxygens (including phenoxy) is 1. The summed E-state index contributed by atoms with van der Waals surface area (Å²) in [6.45, 7) is -2.93. The van der Waals surface area contributed by atoms with E-state index in [1.54, 1.807) is 0 Å². The maximum absolute atomic E-state index is 13.1. The van der Waals surface area contributed by atoms with Gasteiger partial charge in [-0.2, -0.15) is 19.0 Å². The van der Waals surface area contributed by atoms with E-state index in [1.807, 2.05) is 0 Å². The van der Waals surface area contributed by atoms with Gasteiger partial charge in [0.1, 0.15) is 5.52 Å². The molecule has 4 rings (SSSR count). The van der Waals surface area contributed by atoms with Crippen molar-refractivity contribution in [1.82, 2.24) is 29.9 Å². The van der Waals surface area contributed by atoms with E-state index >= 15 is 0 Å². The molecule has 1 saturated carbocycles. The van der Waals surface area contributed by atoms with Gasteiger partial charge in [-0.15, -0.1) is 0 Å². The maximum Gasteiger partial charge on any atom is 0.388 e. The van der Waals surface area contributed by atoms with Crippen LogP contribution < -0.4 is 10.1 Å². The van der Waals surface area contributed by atoms with Gasteiger partial charge in [-0.1, -0.05) is 0 Å². The number of nitrogens with zero attached hydrogens (tertiary/aromatic N) is 5. The minimum atomic E-state index is -2.97. The van der Waals surface area contributed by atoms with Gasteiger partial charge >= 0.3 is 6.61 Å². The number of fused-ring (bicyclic) bond motifs is 1. The van der Waals surface area contributed by atoms with E-state index < -0.39 is 18.5 Å². The molecule has 0 amide bonds. The first-order valence-electron chi connectivity index (χ1n) is 7.24. The summed E-state index contributed by atoms with van der Waals surface area (Å²) in [5.41, 5.74) is 0.797. The van der Waals surface area contributed by atoms with Gasteiger partial charge in [-0.25, -0.2) is 28.5 Å². The van der Waals surface area contributed by atoms with Crippen molar-refractivity contribution in [3.05, 3.63) is 18.5 Å². The van der Waals surface area contributed by atoms with Crippen LogP contribution in [0.25, 0.3) is 11.2 Å². The summed E-state index contributed by atoms with van der Waals surface area (Å²) in [5.74, 6) is -3.18. The Hall–Kier alpha value is -2.92. The molecule has 0 saturated heterocycles. The lowest BCUT2D eigenvalue weighted by atomic mass is 10.4. The van der Waals surface area contributed by atoms with Crippen molar-refractivity contribution < 1.29 is 22.3 Å². The molecule has 0 aliphatic heterocycles. The molecule has 3 heterocycles. The van der Waals surface area contributed by atoms with Crippen LogP contribution in [0.5, 0.6) is 5.88 Å². The predicted octanol–water partition coefficient (Wildman–Crippen LogP) is 2.55. The fourth-order valence-corrected chi connectivity index (χ4v) is 2.37. The third-order valence-corrected chi connectivity index (χ3v) is 3.72. The molecule has 132 valence electrons. The van der Waals surface area contributed by atoms with E-state index in [-0.39, 0.29) is 30.5 Å². The molecular formula is C13H11F4N7O. The van der Waals surface area contributed by atoms with Crippen LogP contribution >= 0.6 is 0 Å². The average Bonchev–Trinajstić information content (AvgIpc) is 2.90. The summed E-state index contributed by atoms with van der Waals surface area (Å²) in [4.78, 5) is 8.40. The summed E-state index contributed by atoms with van der Waals surface area (Å²) >= 11 is 0. The summed E-state index contributed by atoms with van der Waals surface area (Å²) < 4.78 is 56.0. The number of halogens is 4. The first kappa shape index (κ1) is 15.6. The van der Waals surface area contributed by atoms with Gasteiger partial charge in [0, 0.05) is 18.4 Å². The second kappa shape index (κ2) is 5.57. The first-order valence-corrected chi connectivity index (χ1v) is 7.24. The second-order valence-electron chi connectivity index (χ2n) is 5.57. The standard InChI is InChI=1S/C13H11F4N7O/c14-12(15)25-10-1-8(22-23-10)20-9-4-18-7-3-19-24(11(7)21-9)5-6-2-13(6,16)17/h1,3-4,6,12H,2,5H2,(H2,20,21,22,23)/t6-/m1/s1. The van der Waals surface area contributed by atoms with Crippen LogP contribution in [0.2, 0.25) is 0 Å². The molecule has 8 nitrogen and oxygen atoms in total. The molecule has 0 radical (unpaired) electrons. The monoisotopic (exact) mass is 357 g/mol. The third-order valence-electron chi connectivity index (χ3n) is 3.72. The topological polar surface area (TPSA) is 93.5 Å². The van der Waals surface area contributed by atoms with Gasteiger partial charge in [0.2, 0.25) is 5.88 Å². The number of rotatable bonds is 6. The van der Waals surface area contributed by atoms with Crippen LogP contribution in [-0.2, 0) is 6.54 Å². The largest absolute Gasteiger partial charge is 0.417 e. The van der Waals surface area contributed by atoms with E-state index in [0.717, 1.165) is 0 Å². The highest BCUT2D eigenvalue weighted by Gasteiger charge is 2.57. The number of hydrogen-bond acceptors (Lipinski definition) is 6. The minimum Gasteiger partial charge on any atom is -0.417 e. The predicted molar refractivity (Wildman–Crippen MR) is 76.9 cm³/mol. The lowest BCUT2D eigenvalue weighted by molar-refractivity contribution is -0.0528. The molecule has 1 aliphatic carbocycles. The Labute approximate surface area is 137 Å². The highest BCUT2D eigenvalue weighted by atomic mass is 19.3. The van der Waals surface area contributed by atoms with Crippen LogP contribution in [0.1, 0.15) is 6.42 Å². The molecule has 0 unspecified atom stereocenters. The van der Waals surface area contributed by atoms with Crippen LogP contribution in [0.15, 0.2) is 18.5 Å². The lowest BCUT2D eigenvalue weighted by Crippen LogP contribution is -2.08. The van der Waals surface area contributed by atoms with E-state index in [0.29, 0.717) is 11.2 Å². The molecule has 1 aliphatic rings. The van der Waals surface area contributed by atoms with E-state index in [4.69, 9.17) is 0 Å². The van der Waals surface area contributed by atoms with E-state index in [2.05, 4.69) is 35.3 Å². The van der Waals surface area contributed by atoms with Gasteiger partial charge in [0.05, 0.1) is 18.9 Å². The zero-order valence-corrected chi connectivity index (χ0v) is 12.5. The molecule has 0 spiro atoms. The highest BCUT2D eigenvalue weighted by Crippen LogP contribution is 2.49. The van der Waals surface area contributed by atoms with Gasteiger partial charge in [0.15, 0.2) is 17.3 Å². The number of aromatic amines is 1. The van der Waals surface area contributed by atoms with Gasteiger partial charge < -0.3 is 10.1 Å². The zero-order valence-electron chi connectivity index (χ0n) is 12.5. The Kier molecular flexibility index (Phi) is 3.47. The van der Waals surface area contributed by atoms with Crippen molar-refractivity contribution in [2.24, 2.45) is 5.92 Å². The first-order chi connectivity index (χ1) is 11.9. The summed E-state index contributed by atoms with van der Waals surface area (Å²) in [6.07, 6.45) is 2.66. The second-order valence-corrected chi connectivity index (χ2v) is 5.57. The molecule has 1 atom stereocenters. The summed E-state index contributed by atoms with van der Waals surface area (Å²) in [5, 5.41) is 12.8. The molecule has 3 aromatic rings. The molecule has 0 bridgehead atoms. The Morgan fingerprint density at radius 3 is 2.88 bits per heavy atom. The number of alkyl halides is 4. The quantitative estimate of drug-likeness (QED) is 0.659. The molecular weight excluding hydrogens is 346 g/mol. The van der Waals surface area contributed by atoms with Crippen molar-refractivity contribution >= 4 is 22.8 Å². The van der Waals surface area contributed by atoms with Crippen molar-refractivity contribution in [2.75, 3.05) is 5.32 Å². The van der Waals surface area contributed by atoms with Crippen LogP contribution in [-0.4, -0.2) is 42.5 Å². The third kappa shape index (κ3) is 3.19. The molecule has 1 fully saturated rings. The van der Waals surface area contributed by atoms with E-state index in [9.17, 15) is 17.6 Å².